The molecule has 148 valence electrons. The first kappa shape index (κ1) is 18.7. The molecule has 4 rings (SSSR count). The molecule has 0 aliphatic carbocycles. The van der Waals surface area contributed by atoms with Crippen molar-refractivity contribution in [1.82, 2.24) is 15.3 Å². The van der Waals surface area contributed by atoms with Crippen LogP contribution in [0.3, 0.4) is 0 Å². The van der Waals surface area contributed by atoms with Crippen molar-refractivity contribution in [1.29, 1.82) is 0 Å². The highest BCUT2D eigenvalue weighted by Crippen LogP contribution is 2.31. The van der Waals surface area contributed by atoms with Crippen molar-refractivity contribution in [2.24, 2.45) is 0 Å². The summed E-state index contributed by atoms with van der Waals surface area (Å²) in [6.45, 7) is 0.521. The lowest BCUT2D eigenvalue weighted by molar-refractivity contribution is 0.0919. The van der Waals surface area contributed by atoms with Gasteiger partial charge in [0.15, 0.2) is 0 Å². The van der Waals surface area contributed by atoms with E-state index in [9.17, 15) is 9.59 Å². The standard InChI is InChI=1S/C22H21N3O4/c1-28-15-8-6-14(7-9-15)12-20-23-18(13-21(26)25-20)22(27)24-17-10-11-29-19-5-3-2-4-16(17)19/h2-9,13,17H,10-12H2,1H3,(H,24,27)(H,23,25,26). The Bertz CT molecular complexity index is 1080. The molecule has 7 heteroatoms. The van der Waals surface area contributed by atoms with E-state index in [1.54, 1.807) is 7.11 Å². The van der Waals surface area contributed by atoms with Gasteiger partial charge in [-0.1, -0.05) is 30.3 Å². The fraction of sp³-hybridized carbons (Fsp3) is 0.227. The Balaban J connectivity index is 1.52. The van der Waals surface area contributed by atoms with Crippen molar-refractivity contribution >= 4 is 5.91 Å². The third-order valence-electron chi connectivity index (χ3n) is 4.82. The van der Waals surface area contributed by atoms with Gasteiger partial charge in [-0.05, 0) is 23.8 Å². The molecule has 0 spiro atoms. The zero-order chi connectivity index (χ0) is 20.2. The smallest absolute Gasteiger partial charge is 0.270 e. The van der Waals surface area contributed by atoms with Gasteiger partial charge in [0.2, 0.25) is 0 Å². The highest BCUT2D eigenvalue weighted by molar-refractivity contribution is 5.92. The molecule has 1 aliphatic heterocycles. The van der Waals surface area contributed by atoms with Crippen molar-refractivity contribution in [3.05, 3.63) is 87.6 Å². The van der Waals surface area contributed by atoms with Crippen LogP contribution < -0.4 is 20.3 Å². The third-order valence-corrected chi connectivity index (χ3v) is 4.82. The van der Waals surface area contributed by atoms with Crippen LogP contribution in [0.1, 0.15) is 39.9 Å². The molecule has 3 aromatic rings. The van der Waals surface area contributed by atoms with Crippen LogP contribution in [0.4, 0.5) is 0 Å². The van der Waals surface area contributed by atoms with E-state index in [0.29, 0.717) is 25.3 Å². The Morgan fingerprint density at radius 3 is 2.83 bits per heavy atom. The summed E-state index contributed by atoms with van der Waals surface area (Å²) >= 11 is 0. The number of nitrogens with one attached hydrogen (secondary N) is 2. The summed E-state index contributed by atoms with van der Waals surface area (Å²) in [6, 6.07) is 16.1. The molecule has 0 saturated carbocycles. The number of amides is 1. The van der Waals surface area contributed by atoms with E-state index in [2.05, 4.69) is 15.3 Å². The van der Waals surface area contributed by atoms with Crippen LogP contribution in [0.2, 0.25) is 0 Å². The van der Waals surface area contributed by atoms with Gasteiger partial charge in [0.1, 0.15) is 23.0 Å². The van der Waals surface area contributed by atoms with Gasteiger partial charge in [-0.2, -0.15) is 0 Å². The van der Waals surface area contributed by atoms with E-state index in [0.717, 1.165) is 22.6 Å². The Kier molecular flexibility index (Phi) is 5.29. The van der Waals surface area contributed by atoms with E-state index >= 15 is 0 Å². The second-order valence-corrected chi connectivity index (χ2v) is 6.80. The molecule has 0 radical (unpaired) electrons. The number of methoxy groups -OCH3 is 1. The number of ether oxygens (including phenoxy) is 2. The minimum atomic E-state index is -0.381. The molecule has 29 heavy (non-hydrogen) atoms. The molecule has 2 heterocycles. The predicted molar refractivity (Wildman–Crippen MR) is 107 cm³/mol. The SMILES string of the molecule is COc1ccc(Cc2nc(C(=O)NC3CCOc4ccccc43)cc(=O)[nH]2)cc1. The van der Waals surface area contributed by atoms with Crippen molar-refractivity contribution in [3.63, 3.8) is 0 Å². The van der Waals surface area contributed by atoms with Crippen LogP contribution in [0.5, 0.6) is 11.5 Å². The number of fused-ring (bicyclic) bond motifs is 1. The molecule has 2 aromatic carbocycles. The van der Waals surface area contributed by atoms with Crippen LogP contribution in [-0.2, 0) is 6.42 Å². The highest BCUT2D eigenvalue weighted by atomic mass is 16.5. The molecule has 1 aliphatic rings. The quantitative estimate of drug-likeness (QED) is 0.697. The number of rotatable bonds is 5. The summed E-state index contributed by atoms with van der Waals surface area (Å²) in [5.41, 5.74) is 1.61. The summed E-state index contributed by atoms with van der Waals surface area (Å²) in [5.74, 6) is 1.57. The number of hydrogen-bond acceptors (Lipinski definition) is 5. The second kappa shape index (κ2) is 8.18. The van der Waals surface area contributed by atoms with Crippen molar-refractivity contribution in [2.75, 3.05) is 13.7 Å². The zero-order valence-electron chi connectivity index (χ0n) is 16.0. The van der Waals surface area contributed by atoms with E-state index < -0.39 is 0 Å². The fourth-order valence-corrected chi connectivity index (χ4v) is 3.37. The topological polar surface area (TPSA) is 93.3 Å². The third kappa shape index (κ3) is 4.29. The lowest BCUT2D eigenvalue weighted by Crippen LogP contribution is -2.33. The van der Waals surface area contributed by atoms with Crippen LogP contribution in [0, 0.1) is 0 Å². The summed E-state index contributed by atoms with van der Waals surface area (Å²) in [5, 5.41) is 2.97. The molecular formula is C22H21N3O4. The molecule has 1 aromatic heterocycles. The molecule has 2 N–H and O–H groups in total. The fourth-order valence-electron chi connectivity index (χ4n) is 3.37. The maximum atomic E-state index is 12.8. The maximum absolute atomic E-state index is 12.8. The molecule has 1 amide bonds. The predicted octanol–water partition coefficient (Wildman–Crippen LogP) is 2.62. The van der Waals surface area contributed by atoms with Crippen LogP contribution >= 0.6 is 0 Å². The number of H-pyrrole nitrogens is 1. The van der Waals surface area contributed by atoms with Gasteiger partial charge in [0, 0.05) is 24.5 Å². The summed E-state index contributed by atoms with van der Waals surface area (Å²) in [7, 11) is 1.60. The summed E-state index contributed by atoms with van der Waals surface area (Å²) in [6.07, 6.45) is 1.06. The highest BCUT2D eigenvalue weighted by Gasteiger charge is 2.23. The van der Waals surface area contributed by atoms with Gasteiger partial charge in [0.05, 0.1) is 19.8 Å². The molecule has 0 bridgehead atoms. The van der Waals surface area contributed by atoms with Crippen molar-refractivity contribution in [3.8, 4) is 11.5 Å². The Hall–Kier alpha value is -3.61. The Morgan fingerprint density at radius 1 is 1.24 bits per heavy atom. The van der Waals surface area contributed by atoms with Crippen molar-refractivity contribution in [2.45, 2.75) is 18.9 Å². The number of carbonyl (C=O) groups excluding carboxylic acids is 1. The summed E-state index contributed by atoms with van der Waals surface area (Å²) < 4.78 is 10.8. The monoisotopic (exact) mass is 391 g/mol. The lowest BCUT2D eigenvalue weighted by Gasteiger charge is -2.26. The van der Waals surface area contributed by atoms with Gasteiger partial charge >= 0.3 is 0 Å². The first-order chi connectivity index (χ1) is 14.1. The van der Waals surface area contributed by atoms with Gasteiger partial charge < -0.3 is 19.8 Å². The van der Waals surface area contributed by atoms with Gasteiger partial charge in [-0.15, -0.1) is 0 Å². The number of aromatic amines is 1. The normalized spacial score (nSPS) is 15.1. The Labute approximate surface area is 167 Å². The van der Waals surface area contributed by atoms with Gasteiger partial charge in [-0.3, -0.25) is 9.59 Å². The number of para-hydroxylation sites is 1. The summed E-state index contributed by atoms with van der Waals surface area (Å²) in [4.78, 5) is 31.9. The first-order valence-corrected chi connectivity index (χ1v) is 9.38. The first-order valence-electron chi connectivity index (χ1n) is 9.38. The average Bonchev–Trinajstić information content (AvgIpc) is 2.74. The second-order valence-electron chi connectivity index (χ2n) is 6.80. The van der Waals surface area contributed by atoms with E-state index in [-0.39, 0.29) is 23.2 Å². The molecule has 0 saturated heterocycles. The van der Waals surface area contributed by atoms with Gasteiger partial charge in [-0.25, -0.2) is 4.98 Å². The molecule has 7 nitrogen and oxygen atoms in total. The molecule has 1 atom stereocenters. The Morgan fingerprint density at radius 2 is 2.03 bits per heavy atom. The average molecular weight is 391 g/mol. The van der Waals surface area contributed by atoms with Crippen LogP contribution in [0.15, 0.2) is 59.4 Å². The minimum Gasteiger partial charge on any atom is -0.497 e. The molecular weight excluding hydrogens is 370 g/mol. The molecule has 1 unspecified atom stereocenters. The van der Waals surface area contributed by atoms with Crippen molar-refractivity contribution < 1.29 is 14.3 Å². The van der Waals surface area contributed by atoms with Crippen LogP contribution in [0.25, 0.3) is 0 Å². The van der Waals surface area contributed by atoms with E-state index in [4.69, 9.17) is 9.47 Å². The van der Waals surface area contributed by atoms with E-state index in [1.807, 2.05) is 48.5 Å². The van der Waals surface area contributed by atoms with Gasteiger partial charge in [0.25, 0.3) is 11.5 Å². The zero-order valence-corrected chi connectivity index (χ0v) is 16.0. The molecule has 0 fully saturated rings. The minimum absolute atomic E-state index is 0.0984. The number of aromatic nitrogens is 2. The number of benzene rings is 2. The van der Waals surface area contributed by atoms with Crippen LogP contribution in [-0.4, -0.2) is 29.6 Å². The number of hydrogen-bond donors (Lipinski definition) is 2. The largest absolute Gasteiger partial charge is 0.497 e. The lowest BCUT2D eigenvalue weighted by atomic mass is 10.0. The van der Waals surface area contributed by atoms with E-state index in [1.165, 1.54) is 6.07 Å². The number of nitrogens with zero attached hydrogens (tertiary/aromatic N) is 1. The number of carbonyl (C=O) groups is 1. The maximum Gasteiger partial charge on any atom is 0.270 e.